The van der Waals surface area contributed by atoms with E-state index in [2.05, 4.69) is 11.9 Å². The summed E-state index contributed by atoms with van der Waals surface area (Å²) in [6, 6.07) is 0. The lowest BCUT2D eigenvalue weighted by Gasteiger charge is -2.21. The monoisotopic (exact) mass is 234 g/mol. The summed E-state index contributed by atoms with van der Waals surface area (Å²) in [7, 11) is 0. The third kappa shape index (κ3) is 2.39. The average molecular weight is 234 g/mol. The number of hydrogen-bond donors (Lipinski definition) is 1. The van der Waals surface area contributed by atoms with Gasteiger partial charge < -0.3 is 9.72 Å². The van der Waals surface area contributed by atoms with E-state index in [4.69, 9.17) is 9.72 Å². The fourth-order valence-electron chi connectivity index (χ4n) is 3.08. The van der Waals surface area contributed by atoms with E-state index in [1.165, 1.54) is 49.9 Å². The highest BCUT2D eigenvalue weighted by atomic mass is 16.5. The molecule has 3 rings (SSSR count). The number of ether oxygens (including phenoxy) is 1. The molecular weight excluding hydrogens is 212 g/mol. The summed E-state index contributed by atoms with van der Waals surface area (Å²) >= 11 is 0. The molecule has 2 atom stereocenters. The fraction of sp³-hybridized carbons (Fsp3) is 0.786. The minimum absolute atomic E-state index is 0.395. The van der Waals surface area contributed by atoms with Crippen LogP contribution >= 0.6 is 0 Å². The van der Waals surface area contributed by atoms with Crippen LogP contribution in [-0.4, -0.2) is 22.7 Å². The van der Waals surface area contributed by atoms with Crippen LogP contribution in [0.5, 0.6) is 0 Å². The molecule has 2 unspecified atom stereocenters. The molecule has 0 spiro atoms. The van der Waals surface area contributed by atoms with Gasteiger partial charge in [-0.2, -0.15) is 0 Å². The summed E-state index contributed by atoms with van der Waals surface area (Å²) in [4.78, 5) is 8.31. The Bertz CT molecular complexity index is 380. The Morgan fingerprint density at radius 1 is 1.29 bits per heavy atom. The third-order valence-corrected chi connectivity index (χ3v) is 4.09. The zero-order valence-corrected chi connectivity index (χ0v) is 10.7. The van der Waals surface area contributed by atoms with Crippen molar-refractivity contribution < 1.29 is 4.74 Å². The quantitative estimate of drug-likeness (QED) is 0.854. The van der Waals surface area contributed by atoms with E-state index in [9.17, 15) is 0 Å². The van der Waals surface area contributed by atoms with Gasteiger partial charge in [0.05, 0.1) is 11.8 Å². The van der Waals surface area contributed by atoms with Crippen molar-refractivity contribution in [2.24, 2.45) is 0 Å². The number of aryl methyl sites for hydroxylation is 1. The second-order valence-electron chi connectivity index (χ2n) is 5.53. The van der Waals surface area contributed by atoms with Crippen molar-refractivity contribution in [2.75, 3.05) is 6.61 Å². The summed E-state index contributed by atoms with van der Waals surface area (Å²) < 4.78 is 5.78. The molecule has 3 nitrogen and oxygen atoms in total. The number of nitrogens with one attached hydrogen (secondary N) is 1. The van der Waals surface area contributed by atoms with Crippen LogP contribution in [0.3, 0.4) is 0 Å². The molecule has 0 aromatic carbocycles. The zero-order chi connectivity index (χ0) is 11.7. The zero-order valence-electron chi connectivity index (χ0n) is 10.7. The number of imidazole rings is 1. The Kier molecular flexibility index (Phi) is 3.19. The van der Waals surface area contributed by atoms with E-state index < -0.39 is 0 Å². The lowest BCUT2D eigenvalue weighted by atomic mass is 9.92. The lowest BCUT2D eigenvalue weighted by molar-refractivity contribution is 0.0157. The van der Waals surface area contributed by atoms with Gasteiger partial charge in [0.25, 0.3) is 0 Å². The van der Waals surface area contributed by atoms with E-state index in [1.54, 1.807) is 0 Å². The largest absolute Gasteiger partial charge is 0.378 e. The standard InChI is InChI=1S/C14H22N2O/c1-10-5-4-7-12-14(10)16-13(15-12)9-11-6-2-3-8-17-11/h10-11H,2-9H2,1H3,(H,15,16). The van der Waals surface area contributed by atoms with Crippen molar-refractivity contribution in [3.8, 4) is 0 Å². The van der Waals surface area contributed by atoms with Crippen molar-refractivity contribution in [3.05, 3.63) is 17.2 Å². The first kappa shape index (κ1) is 11.3. The summed E-state index contributed by atoms with van der Waals surface area (Å²) in [6.45, 7) is 3.22. The van der Waals surface area contributed by atoms with Gasteiger partial charge in [0.2, 0.25) is 0 Å². The molecule has 1 aliphatic heterocycles. The highest BCUT2D eigenvalue weighted by molar-refractivity contribution is 5.21. The molecule has 1 saturated heterocycles. The van der Waals surface area contributed by atoms with Crippen LogP contribution in [0.4, 0.5) is 0 Å². The van der Waals surface area contributed by atoms with Gasteiger partial charge in [-0.25, -0.2) is 4.98 Å². The lowest BCUT2D eigenvalue weighted by Crippen LogP contribution is -2.21. The number of H-pyrrole nitrogens is 1. The number of nitrogens with zero attached hydrogens (tertiary/aromatic N) is 1. The molecule has 0 bridgehead atoms. The molecule has 3 heteroatoms. The predicted molar refractivity (Wildman–Crippen MR) is 67.2 cm³/mol. The summed E-state index contributed by atoms with van der Waals surface area (Å²) in [5, 5.41) is 0. The van der Waals surface area contributed by atoms with Crippen LogP contribution < -0.4 is 0 Å². The molecular formula is C14H22N2O. The van der Waals surface area contributed by atoms with Crippen LogP contribution in [0.2, 0.25) is 0 Å². The molecule has 1 aliphatic carbocycles. The van der Waals surface area contributed by atoms with Crippen molar-refractivity contribution in [1.82, 2.24) is 9.97 Å². The van der Waals surface area contributed by atoms with E-state index in [-0.39, 0.29) is 0 Å². The number of aromatic amines is 1. The van der Waals surface area contributed by atoms with Gasteiger partial charge >= 0.3 is 0 Å². The van der Waals surface area contributed by atoms with Crippen molar-refractivity contribution >= 4 is 0 Å². The van der Waals surface area contributed by atoms with Gasteiger partial charge in [0, 0.05) is 24.6 Å². The smallest absolute Gasteiger partial charge is 0.109 e. The Balaban J connectivity index is 1.71. The minimum atomic E-state index is 0.395. The van der Waals surface area contributed by atoms with Crippen molar-refractivity contribution in [2.45, 2.75) is 63.9 Å². The van der Waals surface area contributed by atoms with Gasteiger partial charge in [-0.05, 0) is 38.5 Å². The van der Waals surface area contributed by atoms with Gasteiger partial charge in [-0.15, -0.1) is 0 Å². The van der Waals surface area contributed by atoms with Crippen molar-refractivity contribution in [3.63, 3.8) is 0 Å². The van der Waals surface area contributed by atoms with Crippen molar-refractivity contribution in [1.29, 1.82) is 0 Å². The normalized spacial score (nSPS) is 29.0. The Morgan fingerprint density at radius 2 is 2.24 bits per heavy atom. The number of hydrogen-bond acceptors (Lipinski definition) is 2. The van der Waals surface area contributed by atoms with E-state index in [0.29, 0.717) is 12.0 Å². The first-order valence-electron chi connectivity index (χ1n) is 7.02. The number of fused-ring (bicyclic) bond motifs is 1. The van der Waals surface area contributed by atoms with Gasteiger partial charge in [0.1, 0.15) is 5.82 Å². The maximum atomic E-state index is 5.78. The molecule has 1 N–H and O–H groups in total. The van der Waals surface area contributed by atoms with Gasteiger partial charge in [-0.3, -0.25) is 0 Å². The summed E-state index contributed by atoms with van der Waals surface area (Å²) in [5.41, 5.74) is 2.71. The minimum Gasteiger partial charge on any atom is -0.378 e. The second kappa shape index (κ2) is 4.81. The molecule has 2 aliphatic rings. The van der Waals surface area contributed by atoms with Crippen LogP contribution in [0.15, 0.2) is 0 Å². The first-order valence-corrected chi connectivity index (χ1v) is 7.02. The van der Waals surface area contributed by atoms with Crippen LogP contribution in [0, 0.1) is 0 Å². The van der Waals surface area contributed by atoms with Gasteiger partial charge in [0.15, 0.2) is 0 Å². The van der Waals surface area contributed by atoms with E-state index in [1.807, 2.05) is 0 Å². The highest BCUT2D eigenvalue weighted by Gasteiger charge is 2.22. The maximum absolute atomic E-state index is 5.78. The molecule has 94 valence electrons. The Labute approximate surface area is 103 Å². The molecule has 1 aromatic rings. The predicted octanol–water partition coefficient (Wildman–Crippen LogP) is 2.96. The molecule has 0 amide bonds. The summed E-state index contributed by atoms with van der Waals surface area (Å²) in [6.07, 6.45) is 8.86. The fourth-order valence-corrected chi connectivity index (χ4v) is 3.08. The molecule has 0 radical (unpaired) electrons. The summed E-state index contributed by atoms with van der Waals surface area (Å²) in [5.74, 6) is 1.78. The van der Waals surface area contributed by atoms with E-state index >= 15 is 0 Å². The Hall–Kier alpha value is -0.830. The molecule has 2 heterocycles. The van der Waals surface area contributed by atoms with Crippen LogP contribution in [-0.2, 0) is 17.6 Å². The van der Waals surface area contributed by atoms with Crippen LogP contribution in [0.25, 0.3) is 0 Å². The maximum Gasteiger partial charge on any atom is 0.109 e. The first-order chi connectivity index (χ1) is 8.33. The second-order valence-corrected chi connectivity index (χ2v) is 5.53. The van der Waals surface area contributed by atoms with Gasteiger partial charge in [-0.1, -0.05) is 6.92 Å². The molecule has 1 fully saturated rings. The number of rotatable bonds is 2. The number of aromatic nitrogens is 2. The molecule has 17 heavy (non-hydrogen) atoms. The SMILES string of the molecule is CC1CCCc2[nH]c(CC3CCCCO3)nc21. The molecule has 0 saturated carbocycles. The molecule has 1 aromatic heterocycles. The Morgan fingerprint density at radius 3 is 3.00 bits per heavy atom. The topological polar surface area (TPSA) is 37.9 Å². The van der Waals surface area contributed by atoms with E-state index in [0.717, 1.165) is 18.9 Å². The highest BCUT2D eigenvalue weighted by Crippen LogP contribution is 2.29. The average Bonchev–Trinajstić information content (AvgIpc) is 2.74. The third-order valence-electron chi connectivity index (χ3n) is 4.09. The van der Waals surface area contributed by atoms with Crippen LogP contribution in [0.1, 0.15) is 62.2 Å².